The molecule has 0 bridgehead atoms. The summed E-state index contributed by atoms with van der Waals surface area (Å²) in [5, 5.41) is 11.5. The quantitative estimate of drug-likeness (QED) is 0.393. The molecule has 2 aromatic rings. The fourth-order valence-corrected chi connectivity index (χ4v) is 4.29. The largest absolute Gasteiger partial charge is 0.486 e. The van der Waals surface area contributed by atoms with E-state index in [0.29, 0.717) is 22.6 Å². The van der Waals surface area contributed by atoms with Crippen LogP contribution in [0, 0.1) is 13.8 Å². The second-order valence-corrected chi connectivity index (χ2v) is 9.01. The number of carbonyl (C=O) groups is 4. The molecule has 0 radical (unpaired) electrons. The number of aromatic carboxylic acids is 1. The topological polar surface area (TPSA) is 113 Å². The zero-order valence-electron chi connectivity index (χ0n) is 19.8. The molecular formula is C26H26N2O6S. The fourth-order valence-electron chi connectivity index (χ4n) is 3.39. The van der Waals surface area contributed by atoms with Crippen LogP contribution in [0.15, 0.2) is 59.5 Å². The number of benzene rings is 2. The maximum absolute atomic E-state index is 12.8. The van der Waals surface area contributed by atoms with Crippen molar-refractivity contribution in [1.82, 2.24) is 4.90 Å². The van der Waals surface area contributed by atoms with Crippen LogP contribution < -0.4 is 5.32 Å². The lowest BCUT2D eigenvalue weighted by Gasteiger charge is -2.16. The number of hydrogen-bond acceptors (Lipinski definition) is 6. The molecule has 2 N–H and O–H groups in total. The van der Waals surface area contributed by atoms with E-state index in [4.69, 9.17) is 4.74 Å². The highest BCUT2D eigenvalue weighted by Gasteiger charge is 2.36. The van der Waals surface area contributed by atoms with Crippen LogP contribution in [0.25, 0.3) is 5.76 Å². The predicted octanol–water partition coefficient (Wildman–Crippen LogP) is 4.99. The van der Waals surface area contributed by atoms with Gasteiger partial charge in [-0.25, -0.2) is 4.79 Å². The van der Waals surface area contributed by atoms with Crippen LogP contribution in [0.4, 0.5) is 10.5 Å². The highest BCUT2D eigenvalue weighted by atomic mass is 32.2. The second kappa shape index (κ2) is 11.1. The van der Waals surface area contributed by atoms with Crippen LogP contribution in [0.1, 0.15) is 40.9 Å². The number of imide groups is 1. The number of aryl methyl sites for hydroxylation is 2. The van der Waals surface area contributed by atoms with Crippen molar-refractivity contribution in [2.75, 3.05) is 11.9 Å². The Morgan fingerprint density at radius 2 is 1.83 bits per heavy atom. The molecule has 0 spiro atoms. The van der Waals surface area contributed by atoms with Crippen molar-refractivity contribution < 1.29 is 29.0 Å². The maximum atomic E-state index is 12.8. The van der Waals surface area contributed by atoms with E-state index in [0.717, 1.165) is 22.2 Å². The van der Waals surface area contributed by atoms with E-state index in [1.165, 1.54) is 12.1 Å². The van der Waals surface area contributed by atoms with Crippen LogP contribution in [-0.2, 0) is 14.3 Å². The van der Waals surface area contributed by atoms with E-state index in [2.05, 4.69) is 5.32 Å². The molecule has 0 aliphatic carbocycles. The number of nitrogens with one attached hydrogen (secondary N) is 1. The van der Waals surface area contributed by atoms with Gasteiger partial charge in [-0.05, 0) is 75.4 Å². The van der Waals surface area contributed by atoms with Crippen LogP contribution >= 0.6 is 11.8 Å². The third-order valence-electron chi connectivity index (χ3n) is 5.22. The van der Waals surface area contributed by atoms with E-state index < -0.39 is 35.7 Å². The first kappa shape index (κ1) is 25.8. The predicted molar refractivity (Wildman–Crippen MR) is 135 cm³/mol. The Labute approximate surface area is 207 Å². The SMILES string of the molecule is C/C=C(\OC(C)/C=C1/SC(=O)N(CC(=O)Nc2ccc(C)cc2)C1=O)c1ccc(C)c(C(=O)O)c1. The van der Waals surface area contributed by atoms with Crippen molar-refractivity contribution in [3.63, 3.8) is 0 Å². The van der Waals surface area contributed by atoms with Crippen molar-refractivity contribution in [3.8, 4) is 0 Å². The van der Waals surface area contributed by atoms with Gasteiger partial charge in [-0.3, -0.25) is 19.3 Å². The number of carbonyl (C=O) groups excluding carboxylic acids is 3. The van der Waals surface area contributed by atoms with Gasteiger partial charge in [0.1, 0.15) is 18.4 Å². The molecule has 1 aliphatic heterocycles. The normalized spacial score (nSPS) is 15.9. The van der Waals surface area contributed by atoms with Gasteiger partial charge in [-0.15, -0.1) is 0 Å². The minimum Gasteiger partial charge on any atom is -0.486 e. The fraction of sp³-hybridized carbons (Fsp3) is 0.231. The summed E-state index contributed by atoms with van der Waals surface area (Å²) >= 11 is 0.741. The van der Waals surface area contributed by atoms with Gasteiger partial charge in [0.05, 0.1) is 10.5 Å². The molecule has 2 aromatic carbocycles. The number of thioether (sulfide) groups is 1. The van der Waals surface area contributed by atoms with Crippen molar-refractivity contribution >= 4 is 46.2 Å². The van der Waals surface area contributed by atoms with E-state index in [9.17, 15) is 24.3 Å². The van der Waals surface area contributed by atoms with Crippen molar-refractivity contribution in [1.29, 1.82) is 0 Å². The molecule has 8 nitrogen and oxygen atoms in total. The zero-order chi connectivity index (χ0) is 25.7. The number of rotatable bonds is 8. The molecule has 0 saturated carbocycles. The summed E-state index contributed by atoms with van der Waals surface area (Å²) in [7, 11) is 0. The lowest BCUT2D eigenvalue weighted by atomic mass is 10.0. The Kier molecular flexibility index (Phi) is 8.14. The first-order chi connectivity index (χ1) is 16.6. The van der Waals surface area contributed by atoms with Gasteiger partial charge in [0.25, 0.3) is 11.1 Å². The molecule has 1 aliphatic rings. The monoisotopic (exact) mass is 494 g/mol. The summed E-state index contributed by atoms with van der Waals surface area (Å²) in [5.74, 6) is -1.65. The highest BCUT2D eigenvalue weighted by molar-refractivity contribution is 8.18. The van der Waals surface area contributed by atoms with E-state index in [1.807, 2.05) is 19.1 Å². The highest BCUT2D eigenvalue weighted by Crippen LogP contribution is 2.32. The van der Waals surface area contributed by atoms with Crippen LogP contribution in [0.5, 0.6) is 0 Å². The molecule has 1 unspecified atom stereocenters. The number of hydrogen-bond donors (Lipinski definition) is 2. The smallest absolute Gasteiger partial charge is 0.335 e. The summed E-state index contributed by atoms with van der Waals surface area (Å²) in [4.78, 5) is 50.0. The summed E-state index contributed by atoms with van der Waals surface area (Å²) in [5.41, 5.74) is 3.00. The first-order valence-electron chi connectivity index (χ1n) is 10.9. The molecule has 35 heavy (non-hydrogen) atoms. The number of carboxylic acids is 1. The van der Waals surface area contributed by atoms with Crippen LogP contribution in [-0.4, -0.2) is 45.7 Å². The number of ether oxygens (including phenoxy) is 1. The molecule has 3 rings (SSSR count). The van der Waals surface area contributed by atoms with Gasteiger partial charge in [0.15, 0.2) is 0 Å². The van der Waals surface area contributed by atoms with Gasteiger partial charge in [-0.2, -0.15) is 0 Å². The zero-order valence-corrected chi connectivity index (χ0v) is 20.6. The van der Waals surface area contributed by atoms with Crippen molar-refractivity contribution in [2.45, 2.75) is 33.8 Å². The summed E-state index contributed by atoms with van der Waals surface area (Å²) in [6.07, 6.45) is 2.61. The minimum absolute atomic E-state index is 0.163. The maximum Gasteiger partial charge on any atom is 0.335 e. The van der Waals surface area contributed by atoms with E-state index >= 15 is 0 Å². The van der Waals surface area contributed by atoms with Crippen LogP contribution in [0.3, 0.4) is 0 Å². The Hall–Kier alpha value is -3.85. The number of amides is 3. The van der Waals surface area contributed by atoms with Crippen molar-refractivity contribution in [3.05, 3.63) is 81.8 Å². The third-order valence-corrected chi connectivity index (χ3v) is 6.15. The molecule has 1 heterocycles. The summed E-state index contributed by atoms with van der Waals surface area (Å²) in [6.45, 7) is 6.70. The molecule has 1 fully saturated rings. The molecule has 1 atom stereocenters. The number of carboxylic acid groups (broad SMARTS) is 1. The Morgan fingerprint density at radius 1 is 1.14 bits per heavy atom. The number of anilines is 1. The average Bonchev–Trinajstić information content (AvgIpc) is 3.06. The molecule has 9 heteroatoms. The van der Waals surface area contributed by atoms with Gasteiger partial charge in [0.2, 0.25) is 5.91 Å². The first-order valence-corrected chi connectivity index (χ1v) is 11.7. The van der Waals surface area contributed by atoms with Crippen molar-refractivity contribution in [2.24, 2.45) is 0 Å². The van der Waals surface area contributed by atoms with Gasteiger partial charge >= 0.3 is 5.97 Å². The Morgan fingerprint density at radius 3 is 2.46 bits per heavy atom. The van der Waals surface area contributed by atoms with Crippen LogP contribution in [0.2, 0.25) is 0 Å². The average molecular weight is 495 g/mol. The van der Waals surface area contributed by atoms with Gasteiger partial charge in [0, 0.05) is 11.3 Å². The molecule has 1 saturated heterocycles. The molecule has 0 aromatic heterocycles. The van der Waals surface area contributed by atoms with E-state index in [-0.39, 0.29) is 10.5 Å². The molecule has 3 amide bonds. The second-order valence-electron chi connectivity index (χ2n) is 8.02. The lowest BCUT2D eigenvalue weighted by Crippen LogP contribution is -2.36. The standard InChI is InChI=1S/C26H26N2O6S/c1-5-21(18-9-8-16(3)20(13-18)25(31)32)34-17(4)12-22-24(30)28(26(33)35-22)14-23(29)27-19-10-6-15(2)7-11-19/h5-13,17H,14H2,1-4H3,(H,27,29)(H,31,32)/b21-5-,22-12+. The minimum atomic E-state index is -1.03. The number of allylic oxidation sites excluding steroid dienone is 1. The third kappa shape index (κ3) is 6.39. The Bertz CT molecular complexity index is 1230. The summed E-state index contributed by atoms with van der Waals surface area (Å²) in [6, 6.07) is 12.2. The number of nitrogens with zero attached hydrogens (tertiary/aromatic N) is 1. The lowest BCUT2D eigenvalue weighted by molar-refractivity contribution is -0.127. The molecular weight excluding hydrogens is 468 g/mol. The Balaban J connectivity index is 1.67. The van der Waals surface area contributed by atoms with E-state index in [1.54, 1.807) is 51.1 Å². The van der Waals surface area contributed by atoms with Gasteiger partial charge in [-0.1, -0.05) is 29.8 Å². The van der Waals surface area contributed by atoms with Gasteiger partial charge < -0.3 is 15.2 Å². The molecule has 182 valence electrons. The summed E-state index contributed by atoms with van der Waals surface area (Å²) < 4.78 is 5.93.